The van der Waals surface area contributed by atoms with Gasteiger partial charge in [-0.2, -0.15) is 0 Å². The number of aliphatic hydroxyl groups is 1. The van der Waals surface area contributed by atoms with Crippen LogP contribution in [0.5, 0.6) is 0 Å². The summed E-state index contributed by atoms with van der Waals surface area (Å²) >= 11 is 5.97. The molecule has 3 rings (SSSR count). The molecule has 0 bridgehead atoms. The third kappa shape index (κ3) is 1.34. The second-order valence-corrected chi connectivity index (χ2v) is 4.17. The molecule has 0 saturated heterocycles. The van der Waals surface area contributed by atoms with Crippen molar-refractivity contribution >= 4 is 23.1 Å². The highest BCUT2D eigenvalue weighted by Gasteiger charge is 2.21. The molecular formula is C13H9ClO2. The average molecular weight is 233 g/mol. The Morgan fingerprint density at radius 1 is 1.19 bits per heavy atom. The van der Waals surface area contributed by atoms with Gasteiger partial charge in [-0.25, -0.2) is 0 Å². The van der Waals surface area contributed by atoms with Crippen molar-refractivity contribution in [2.24, 2.45) is 0 Å². The van der Waals surface area contributed by atoms with Crippen molar-refractivity contribution in [2.45, 2.75) is 6.10 Å². The Hall–Kier alpha value is -1.67. The minimum Gasteiger partial charge on any atom is -0.481 e. The molecule has 1 aromatic carbocycles. The van der Waals surface area contributed by atoms with E-state index in [9.17, 15) is 5.11 Å². The molecule has 1 aliphatic heterocycles. The second kappa shape index (κ2) is 3.42. The number of fused-ring (bicyclic) bond motifs is 2. The van der Waals surface area contributed by atoms with Crippen LogP contribution in [0.15, 0.2) is 47.5 Å². The molecule has 0 amide bonds. The standard InChI is InChI=1S/C13H9ClO2/c14-8-5-6-12-11(7-8)9-3-1-2-4-10(9)13(15)16-12/h1-7,12,15H. The molecule has 2 aliphatic rings. The maximum absolute atomic E-state index is 9.76. The minimum atomic E-state index is -0.239. The third-order valence-corrected chi connectivity index (χ3v) is 2.97. The van der Waals surface area contributed by atoms with E-state index >= 15 is 0 Å². The number of ether oxygens (including phenoxy) is 1. The Labute approximate surface area is 97.4 Å². The monoisotopic (exact) mass is 232 g/mol. The molecule has 0 saturated carbocycles. The van der Waals surface area contributed by atoms with E-state index in [1.165, 1.54) is 0 Å². The number of halogens is 1. The SMILES string of the molecule is OC1=c2ccccc2=C2C=C(Cl)C=CC2O1. The van der Waals surface area contributed by atoms with Gasteiger partial charge >= 0.3 is 0 Å². The van der Waals surface area contributed by atoms with Gasteiger partial charge in [-0.3, -0.25) is 0 Å². The van der Waals surface area contributed by atoms with E-state index in [4.69, 9.17) is 16.3 Å². The van der Waals surface area contributed by atoms with E-state index in [1.54, 1.807) is 6.08 Å². The summed E-state index contributed by atoms with van der Waals surface area (Å²) in [5.74, 6) is -0.0274. The zero-order chi connectivity index (χ0) is 11.1. The van der Waals surface area contributed by atoms with Gasteiger partial charge in [-0.15, -0.1) is 0 Å². The lowest BCUT2D eigenvalue weighted by Crippen LogP contribution is -2.38. The van der Waals surface area contributed by atoms with Crippen LogP contribution in [0.25, 0.3) is 11.5 Å². The average Bonchev–Trinajstić information content (AvgIpc) is 2.31. The minimum absolute atomic E-state index is 0.0274. The van der Waals surface area contributed by atoms with Crippen LogP contribution in [0.1, 0.15) is 0 Å². The Kier molecular flexibility index (Phi) is 2.04. The molecule has 1 aromatic rings. The normalized spacial score (nSPS) is 22.1. The number of allylic oxidation sites excluding steroid dienone is 2. The summed E-state index contributed by atoms with van der Waals surface area (Å²) in [6.07, 6.45) is 5.25. The van der Waals surface area contributed by atoms with Gasteiger partial charge in [-0.1, -0.05) is 29.8 Å². The summed E-state index contributed by atoms with van der Waals surface area (Å²) in [5, 5.41) is 12.1. The van der Waals surface area contributed by atoms with Gasteiger partial charge in [0.2, 0.25) is 0 Å². The largest absolute Gasteiger partial charge is 0.481 e. The smallest absolute Gasteiger partial charge is 0.285 e. The number of hydrogen-bond acceptors (Lipinski definition) is 2. The molecule has 0 radical (unpaired) electrons. The Morgan fingerprint density at radius 3 is 2.75 bits per heavy atom. The van der Waals surface area contributed by atoms with Gasteiger partial charge in [0.1, 0.15) is 6.10 Å². The van der Waals surface area contributed by atoms with Crippen LogP contribution in [-0.4, -0.2) is 11.2 Å². The van der Waals surface area contributed by atoms with Crippen LogP contribution in [0.4, 0.5) is 0 Å². The van der Waals surface area contributed by atoms with Gasteiger partial charge in [0.25, 0.3) is 5.95 Å². The van der Waals surface area contributed by atoms with E-state index in [1.807, 2.05) is 36.4 Å². The van der Waals surface area contributed by atoms with Crippen LogP contribution in [0.2, 0.25) is 0 Å². The first kappa shape index (κ1) is 9.55. The van der Waals surface area contributed by atoms with Crippen molar-refractivity contribution in [3.8, 4) is 0 Å². The van der Waals surface area contributed by atoms with E-state index in [0.29, 0.717) is 10.3 Å². The molecule has 1 aliphatic carbocycles. The summed E-state index contributed by atoms with van der Waals surface area (Å²) in [4.78, 5) is 0. The van der Waals surface area contributed by atoms with E-state index in [0.717, 1.165) is 10.8 Å². The predicted octanol–water partition coefficient (Wildman–Crippen LogP) is 1.55. The quantitative estimate of drug-likeness (QED) is 0.736. The maximum atomic E-state index is 9.76. The molecule has 1 N–H and O–H groups in total. The highest BCUT2D eigenvalue weighted by Crippen LogP contribution is 2.24. The molecule has 1 unspecified atom stereocenters. The fraction of sp³-hybridized carbons (Fsp3) is 0.0769. The zero-order valence-electron chi connectivity index (χ0n) is 8.35. The lowest BCUT2D eigenvalue weighted by Gasteiger charge is -2.22. The fourth-order valence-corrected chi connectivity index (χ4v) is 2.19. The molecule has 0 fully saturated rings. The molecule has 16 heavy (non-hydrogen) atoms. The van der Waals surface area contributed by atoms with Crippen LogP contribution < -0.4 is 10.4 Å². The fourth-order valence-electron chi connectivity index (χ4n) is 2.00. The molecule has 80 valence electrons. The van der Waals surface area contributed by atoms with E-state index in [-0.39, 0.29) is 12.0 Å². The first-order valence-electron chi connectivity index (χ1n) is 5.00. The lowest BCUT2D eigenvalue weighted by molar-refractivity contribution is 0.162. The van der Waals surface area contributed by atoms with Crippen LogP contribution in [0, 0.1) is 0 Å². The zero-order valence-corrected chi connectivity index (χ0v) is 9.11. The van der Waals surface area contributed by atoms with Crippen molar-refractivity contribution in [2.75, 3.05) is 0 Å². The Balaban J connectivity index is 2.43. The summed E-state index contributed by atoms with van der Waals surface area (Å²) in [6.45, 7) is 0. The molecular weight excluding hydrogens is 224 g/mol. The number of benzene rings is 1. The van der Waals surface area contributed by atoms with E-state index < -0.39 is 0 Å². The molecule has 1 atom stereocenters. The van der Waals surface area contributed by atoms with Crippen molar-refractivity contribution in [1.82, 2.24) is 0 Å². The second-order valence-electron chi connectivity index (χ2n) is 3.73. The highest BCUT2D eigenvalue weighted by molar-refractivity contribution is 6.32. The molecule has 0 aromatic heterocycles. The molecule has 2 nitrogen and oxygen atoms in total. The molecule has 1 heterocycles. The highest BCUT2D eigenvalue weighted by atomic mass is 35.5. The van der Waals surface area contributed by atoms with Gasteiger partial charge in [0, 0.05) is 10.6 Å². The number of hydrogen-bond donors (Lipinski definition) is 1. The molecule has 3 heteroatoms. The van der Waals surface area contributed by atoms with Gasteiger partial charge in [-0.05, 0) is 29.5 Å². The summed E-state index contributed by atoms with van der Waals surface area (Å²) in [6, 6.07) is 7.58. The first-order chi connectivity index (χ1) is 7.75. The van der Waals surface area contributed by atoms with Gasteiger partial charge in [0.05, 0.1) is 5.22 Å². The van der Waals surface area contributed by atoms with Gasteiger partial charge < -0.3 is 9.84 Å². The van der Waals surface area contributed by atoms with Crippen LogP contribution in [-0.2, 0) is 4.74 Å². The topological polar surface area (TPSA) is 29.5 Å². The third-order valence-electron chi connectivity index (χ3n) is 2.74. The van der Waals surface area contributed by atoms with Crippen molar-refractivity contribution in [1.29, 1.82) is 0 Å². The summed E-state index contributed by atoms with van der Waals surface area (Å²) in [7, 11) is 0. The van der Waals surface area contributed by atoms with Crippen LogP contribution in [0.3, 0.4) is 0 Å². The van der Waals surface area contributed by atoms with Crippen molar-refractivity contribution in [3.63, 3.8) is 0 Å². The Morgan fingerprint density at radius 2 is 1.94 bits per heavy atom. The van der Waals surface area contributed by atoms with Gasteiger partial charge in [0.15, 0.2) is 0 Å². The van der Waals surface area contributed by atoms with E-state index in [2.05, 4.69) is 0 Å². The van der Waals surface area contributed by atoms with Crippen LogP contribution >= 0.6 is 11.6 Å². The number of rotatable bonds is 0. The predicted molar refractivity (Wildman–Crippen MR) is 63.1 cm³/mol. The first-order valence-corrected chi connectivity index (χ1v) is 5.38. The summed E-state index contributed by atoms with van der Waals surface area (Å²) < 4.78 is 5.41. The van der Waals surface area contributed by atoms with Crippen molar-refractivity contribution < 1.29 is 9.84 Å². The lowest BCUT2D eigenvalue weighted by atomic mass is 9.99. The summed E-state index contributed by atoms with van der Waals surface area (Å²) in [5.41, 5.74) is 0.987. The number of aliphatic hydroxyl groups excluding tert-OH is 1. The molecule has 0 spiro atoms. The maximum Gasteiger partial charge on any atom is 0.285 e. The van der Waals surface area contributed by atoms with Crippen molar-refractivity contribution in [3.05, 3.63) is 58.0 Å². The Bertz CT molecular complexity index is 626.